The van der Waals surface area contributed by atoms with Crippen molar-refractivity contribution < 1.29 is 13.2 Å². The molecule has 0 aliphatic carbocycles. The number of sulfonamides is 1. The maximum absolute atomic E-state index is 11.1. The molecule has 92 valence electrons. The molecule has 1 rings (SSSR count). The van der Waals surface area contributed by atoms with Crippen LogP contribution in [0, 0.1) is 11.3 Å². The lowest BCUT2D eigenvalue weighted by Gasteiger charge is -2.12. The van der Waals surface area contributed by atoms with Gasteiger partial charge in [0.2, 0.25) is 10.0 Å². The summed E-state index contributed by atoms with van der Waals surface area (Å²) in [6.07, 6.45) is -0.114. The zero-order chi connectivity index (χ0) is 13.1. The number of nitriles is 1. The quantitative estimate of drug-likeness (QED) is 0.904. The van der Waals surface area contributed by atoms with Crippen molar-refractivity contribution in [2.45, 2.75) is 24.3 Å². The van der Waals surface area contributed by atoms with Gasteiger partial charge < -0.3 is 4.74 Å². The second-order valence-electron chi connectivity index (χ2n) is 3.28. The molecule has 0 saturated carbocycles. The highest BCUT2D eigenvalue weighted by atomic mass is 35.5. The van der Waals surface area contributed by atoms with Gasteiger partial charge in [-0.2, -0.15) is 5.26 Å². The Bertz CT molecular complexity index is 551. The molecule has 17 heavy (non-hydrogen) atoms. The predicted octanol–water partition coefficient (Wildman–Crippen LogP) is 1.67. The van der Waals surface area contributed by atoms with Gasteiger partial charge in [0, 0.05) is 0 Å². The standard InChI is InChI=1S/C10H11ClN2O3S/c1-2-7(6-12)16-10-4-3-8(5-9(10)11)17(13,14)15/h3-5,7H,2H2,1H3,(H2,13,14,15). The Labute approximate surface area is 105 Å². The van der Waals surface area contributed by atoms with Crippen LogP contribution in [0.5, 0.6) is 5.75 Å². The van der Waals surface area contributed by atoms with Crippen molar-refractivity contribution in [1.82, 2.24) is 0 Å². The van der Waals surface area contributed by atoms with E-state index < -0.39 is 16.1 Å². The maximum Gasteiger partial charge on any atom is 0.238 e. The van der Waals surface area contributed by atoms with E-state index in [0.29, 0.717) is 6.42 Å². The SMILES string of the molecule is CCC(C#N)Oc1ccc(S(N)(=O)=O)cc1Cl. The van der Waals surface area contributed by atoms with Gasteiger partial charge in [0.05, 0.1) is 9.92 Å². The van der Waals surface area contributed by atoms with Crippen LogP contribution in [-0.2, 0) is 10.0 Å². The summed E-state index contributed by atoms with van der Waals surface area (Å²) in [5.74, 6) is 0.257. The lowest BCUT2D eigenvalue weighted by atomic mass is 10.3. The molecule has 0 spiro atoms. The molecule has 0 radical (unpaired) electrons. The first-order chi connectivity index (χ1) is 7.88. The van der Waals surface area contributed by atoms with Crippen LogP contribution in [0.1, 0.15) is 13.3 Å². The second-order valence-corrected chi connectivity index (χ2v) is 5.25. The minimum absolute atomic E-state index is 0.0974. The largest absolute Gasteiger partial charge is 0.474 e. The van der Waals surface area contributed by atoms with Gasteiger partial charge in [-0.1, -0.05) is 18.5 Å². The molecule has 2 N–H and O–H groups in total. The minimum Gasteiger partial charge on any atom is -0.474 e. The number of rotatable bonds is 4. The van der Waals surface area contributed by atoms with E-state index in [1.165, 1.54) is 18.2 Å². The Balaban J connectivity index is 3.03. The summed E-state index contributed by atoms with van der Waals surface area (Å²) in [6.45, 7) is 1.79. The Morgan fingerprint density at radius 1 is 1.59 bits per heavy atom. The molecule has 0 fully saturated rings. The van der Waals surface area contributed by atoms with Crippen LogP contribution in [0.3, 0.4) is 0 Å². The third kappa shape index (κ3) is 3.60. The van der Waals surface area contributed by atoms with Crippen LogP contribution in [0.25, 0.3) is 0 Å². The molecule has 1 aromatic carbocycles. The van der Waals surface area contributed by atoms with Gasteiger partial charge >= 0.3 is 0 Å². The first-order valence-corrected chi connectivity index (χ1v) is 6.69. The van der Waals surface area contributed by atoms with E-state index in [-0.39, 0.29) is 15.7 Å². The number of hydrogen-bond acceptors (Lipinski definition) is 4. The lowest BCUT2D eigenvalue weighted by Crippen LogP contribution is -2.14. The number of primary sulfonamides is 1. The molecule has 0 aliphatic heterocycles. The Morgan fingerprint density at radius 2 is 2.24 bits per heavy atom. The number of halogens is 1. The van der Waals surface area contributed by atoms with Gasteiger partial charge in [0.15, 0.2) is 6.10 Å². The van der Waals surface area contributed by atoms with E-state index in [1.807, 2.05) is 6.07 Å². The van der Waals surface area contributed by atoms with Gasteiger partial charge in [0.1, 0.15) is 11.8 Å². The first-order valence-electron chi connectivity index (χ1n) is 4.77. The zero-order valence-corrected chi connectivity index (χ0v) is 10.6. The minimum atomic E-state index is -3.79. The van der Waals surface area contributed by atoms with Crippen molar-refractivity contribution in [2.75, 3.05) is 0 Å². The van der Waals surface area contributed by atoms with Crippen molar-refractivity contribution in [3.05, 3.63) is 23.2 Å². The van der Waals surface area contributed by atoms with E-state index in [1.54, 1.807) is 6.92 Å². The summed E-state index contributed by atoms with van der Waals surface area (Å²) in [7, 11) is -3.79. The molecule has 1 atom stereocenters. The average Bonchev–Trinajstić information content (AvgIpc) is 2.26. The fourth-order valence-electron chi connectivity index (χ4n) is 1.11. The summed E-state index contributed by atoms with van der Waals surface area (Å²) >= 11 is 5.84. The number of hydrogen-bond donors (Lipinski definition) is 1. The highest BCUT2D eigenvalue weighted by Gasteiger charge is 2.13. The molecule has 5 nitrogen and oxygen atoms in total. The maximum atomic E-state index is 11.1. The molecule has 0 amide bonds. The molecule has 0 saturated heterocycles. The highest BCUT2D eigenvalue weighted by molar-refractivity contribution is 7.89. The van der Waals surface area contributed by atoms with Crippen molar-refractivity contribution >= 4 is 21.6 Å². The first kappa shape index (κ1) is 13.8. The monoisotopic (exact) mass is 274 g/mol. The molecule has 0 aromatic heterocycles. The molecule has 0 bridgehead atoms. The van der Waals surface area contributed by atoms with E-state index in [9.17, 15) is 8.42 Å². The smallest absolute Gasteiger partial charge is 0.238 e. The van der Waals surface area contributed by atoms with Gasteiger partial charge in [-0.15, -0.1) is 0 Å². The third-order valence-electron chi connectivity index (χ3n) is 2.02. The van der Waals surface area contributed by atoms with Crippen LogP contribution in [-0.4, -0.2) is 14.5 Å². The number of benzene rings is 1. The predicted molar refractivity (Wildman–Crippen MR) is 63.1 cm³/mol. The number of nitrogens with zero attached hydrogens (tertiary/aromatic N) is 1. The number of nitrogens with two attached hydrogens (primary N) is 1. The van der Waals surface area contributed by atoms with E-state index in [4.69, 9.17) is 26.7 Å². The van der Waals surface area contributed by atoms with Crippen LogP contribution >= 0.6 is 11.6 Å². The molecule has 1 aromatic rings. The second kappa shape index (κ2) is 5.36. The van der Waals surface area contributed by atoms with Gasteiger partial charge in [-0.25, -0.2) is 13.6 Å². The molecule has 1 unspecified atom stereocenters. The van der Waals surface area contributed by atoms with Crippen LogP contribution in [0.4, 0.5) is 0 Å². The topological polar surface area (TPSA) is 93.2 Å². The number of ether oxygens (including phenoxy) is 1. The Hall–Kier alpha value is -1.29. The Morgan fingerprint density at radius 3 is 2.65 bits per heavy atom. The van der Waals surface area contributed by atoms with Crippen molar-refractivity contribution in [3.8, 4) is 11.8 Å². The average molecular weight is 275 g/mol. The molecule has 7 heteroatoms. The van der Waals surface area contributed by atoms with Gasteiger partial charge in [-0.05, 0) is 24.6 Å². The zero-order valence-electron chi connectivity index (χ0n) is 9.05. The van der Waals surface area contributed by atoms with Gasteiger partial charge in [-0.3, -0.25) is 0 Å². The lowest BCUT2D eigenvalue weighted by molar-refractivity contribution is 0.252. The van der Waals surface area contributed by atoms with Crippen molar-refractivity contribution in [2.24, 2.45) is 5.14 Å². The summed E-state index contributed by atoms with van der Waals surface area (Å²) in [5.41, 5.74) is 0. The van der Waals surface area contributed by atoms with Crippen LogP contribution in [0.2, 0.25) is 5.02 Å². The molecule has 0 aliphatic rings. The Kier molecular flexibility index (Phi) is 4.34. The molecular weight excluding hydrogens is 264 g/mol. The van der Waals surface area contributed by atoms with E-state index >= 15 is 0 Å². The van der Waals surface area contributed by atoms with Crippen LogP contribution in [0.15, 0.2) is 23.1 Å². The summed E-state index contributed by atoms with van der Waals surface area (Å²) in [4.78, 5) is -0.0974. The van der Waals surface area contributed by atoms with Gasteiger partial charge in [0.25, 0.3) is 0 Å². The van der Waals surface area contributed by atoms with E-state index in [0.717, 1.165) is 0 Å². The van der Waals surface area contributed by atoms with Crippen LogP contribution < -0.4 is 9.88 Å². The fourth-order valence-corrected chi connectivity index (χ4v) is 1.94. The molecule has 0 heterocycles. The summed E-state index contributed by atoms with van der Waals surface area (Å²) in [6, 6.07) is 5.79. The fraction of sp³-hybridized carbons (Fsp3) is 0.300. The summed E-state index contributed by atoms with van der Waals surface area (Å²) < 4.78 is 27.4. The normalized spacial score (nSPS) is 12.8. The summed E-state index contributed by atoms with van der Waals surface area (Å²) in [5, 5.41) is 13.8. The molecular formula is C10H11ClN2O3S. The van der Waals surface area contributed by atoms with Crippen molar-refractivity contribution in [1.29, 1.82) is 5.26 Å². The third-order valence-corrected chi connectivity index (χ3v) is 3.22. The van der Waals surface area contributed by atoms with E-state index in [2.05, 4.69) is 0 Å². The highest BCUT2D eigenvalue weighted by Crippen LogP contribution is 2.28. The van der Waals surface area contributed by atoms with Crippen molar-refractivity contribution in [3.63, 3.8) is 0 Å².